The molecule has 0 amide bonds. The molecule has 0 radical (unpaired) electrons. The van der Waals surface area contributed by atoms with Crippen molar-refractivity contribution in [2.45, 2.75) is 39.5 Å². The minimum Gasteiger partial charge on any atom is -0.413 e. The monoisotopic (exact) mass is 147 g/mol. The second kappa shape index (κ2) is 3.34. The molecular weight excluding hydrogens is 130 g/mol. The lowest BCUT2D eigenvalue weighted by Gasteiger charge is -2.25. The fourth-order valence-electron chi connectivity index (χ4n) is 0.669. The summed E-state index contributed by atoms with van der Waals surface area (Å²) in [5.41, 5.74) is 0.170. The maximum absolute atomic E-state index is 5.15. The van der Waals surface area contributed by atoms with Gasteiger partial charge in [-0.2, -0.15) is 0 Å². The van der Waals surface area contributed by atoms with E-state index < -0.39 is 0 Å². The van der Waals surface area contributed by atoms with Crippen molar-refractivity contribution in [2.75, 3.05) is 0 Å². The molecule has 0 saturated carbocycles. The van der Waals surface area contributed by atoms with E-state index in [0.717, 1.165) is 10.5 Å². The van der Waals surface area contributed by atoms with Crippen molar-refractivity contribution in [1.29, 1.82) is 0 Å². The van der Waals surface area contributed by atoms with Gasteiger partial charge in [0.15, 0.2) is 0 Å². The van der Waals surface area contributed by atoms with Crippen LogP contribution in [0.2, 0.25) is 0 Å². The van der Waals surface area contributed by atoms with Gasteiger partial charge in [0, 0.05) is 5.54 Å². The molecule has 2 nitrogen and oxygen atoms in total. The highest BCUT2D eigenvalue weighted by Crippen LogP contribution is 2.00. The molecule has 9 heavy (non-hydrogen) atoms. The summed E-state index contributed by atoms with van der Waals surface area (Å²) in [4.78, 5) is 0. The van der Waals surface area contributed by atoms with Crippen molar-refractivity contribution in [3.05, 3.63) is 0 Å². The van der Waals surface area contributed by atoms with Crippen LogP contribution in [0.1, 0.15) is 27.7 Å². The Hall–Kier alpha value is 0.137. The van der Waals surface area contributed by atoms with Crippen LogP contribution in [-0.4, -0.2) is 22.3 Å². The Bertz CT molecular complexity index is 79.6. The molecule has 0 aromatic carbocycles. The van der Waals surface area contributed by atoms with E-state index in [1.54, 1.807) is 0 Å². The van der Waals surface area contributed by atoms with Gasteiger partial charge in [0.05, 0.1) is 6.23 Å². The molecule has 0 bridgehead atoms. The van der Waals surface area contributed by atoms with Crippen LogP contribution >= 0.6 is 0 Å². The van der Waals surface area contributed by atoms with Crippen molar-refractivity contribution in [3.8, 4) is 0 Å². The van der Waals surface area contributed by atoms with Crippen molar-refractivity contribution in [3.63, 3.8) is 0 Å². The normalized spacial score (nSPS) is 16.0. The van der Waals surface area contributed by atoms with E-state index in [0.29, 0.717) is 0 Å². The van der Waals surface area contributed by atoms with Gasteiger partial charge >= 0.3 is 0 Å². The third kappa shape index (κ3) is 6.02. The lowest BCUT2D eigenvalue weighted by Crippen LogP contribution is -2.43. The van der Waals surface area contributed by atoms with E-state index in [1.165, 1.54) is 0 Å². The Labute approximate surface area is 60.5 Å². The summed E-state index contributed by atoms with van der Waals surface area (Å²) in [7, 11) is 0.804. The number of rotatable bonds is 2. The quantitative estimate of drug-likeness (QED) is 0.439. The van der Waals surface area contributed by atoms with Gasteiger partial charge in [0.2, 0.25) is 0 Å². The molecule has 0 aromatic heterocycles. The number of hydrogen-bond acceptors (Lipinski definition) is 2. The first-order valence-electron chi connectivity index (χ1n) is 3.26. The van der Waals surface area contributed by atoms with E-state index >= 15 is 0 Å². The van der Waals surface area contributed by atoms with Gasteiger partial charge < -0.3 is 4.43 Å². The molecule has 0 aromatic rings. The van der Waals surface area contributed by atoms with Crippen LogP contribution in [0.5, 0.6) is 0 Å². The summed E-state index contributed by atoms with van der Waals surface area (Å²) < 4.78 is 5.15. The van der Waals surface area contributed by atoms with E-state index in [9.17, 15) is 0 Å². The summed E-state index contributed by atoms with van der Waals surface area (Å²) in [5.74, 6) is 0. The zero-order chi connectivity index (χ0) is 7.49. The standard InChI is InChI=1S/C6H17NOSi/c1-5(8-9)7-6(2,3)4/h5,7H,1-4,9H3. The van der Waals surface area contributed by atoms with Gasteiger partial charge in [-0.15, -0.1) is 0 Å². The Balaban J connectivity index is 3.47. The maximum Gasteiger partial charge on any atom is 0.148 e. The van der Waals surface area contributed by atoms with Crippen molar-refractivity contribution >= 4 is 10.5 Å². The first-order chi connectivity index (χ1) is 3.95. The predicted molar refractivity (Wildman–Crippen MR) is 43.4 cm³/mol. The van der Waals surface area contributed by atoms with Crippen molar-refractivity contribution < 1.29 is 4.43 Å². The average molecular weight is 147 g/mol. The van der Waals surface area contributed by atoms with Gasteiger partial charge in [-0.3, -0.25) is 5.32 Å². The minimum absolute atomic E-state index is 0.170. The van der Waals surface area contributed by atoms with E-state index in [2.05, 4.69) is 26.1 Å². The molecule has 3 heteroatoms. The van der Waals surface area contributed by atoms with E-state index in [4.69, 9.17) is 4.43 Å². The highest BCUT2D eigenvalue weighted by atomic mass is 28.2. The van der Waals surface area contributed by atoms with Crippen LogP contribution in [0.25, 0.3) is 0 Å². The first-order valence-corrected chi connectivity index (χ1v) is 4.08. The Morgan fingerprint density at radius 2 is 1.89 bits per heavy atom. The average Bonchev–Trinajstić information content (AvgIpc) is 1.62. The van der Waals surface area contributed by atoms with Crippen molar-refractivity contribution in [1.82, 2.24) is 5.32 Å². The molecule has 0 aliphatic rings. The van der Waals surface area contributed by atoms with E-state index in [1.807, 2.05) is 6.92 Å². The minimum atomic E-state index is 0.170. The fourth-order valence-corrected chi connectivity index (χ4v) is 0.787. The van der Waals surface area contributed by atoms with Gasteiger partial charge in [-0.05, 0) is 27.7 Å². The Kier molecular flexibility index (Phi) is 3.39. The molecule has 0 aliphatic heterocycles. The SMILES string of the molecule is CC(NC(C)(C)C)O[SiH3]. The highest BCUT2D eigenvalue weighted by Gasteiger charge is 2.11. The third-order valence-electron chi connectivity index (χ3n) is 0.990. The highest BCUT2D eigenvalue weighted by molar-refractivity contribution is 5.98. The van der Waals surface area contributed by atoms with Gasteiger partial charge in [0.1, 0.15) is 10.5 Å². The van der Waals surface area contributed by atoms with Crippen molar-refractivity contribution in [2.24, 2.45) is 0 Å². The van der Waals surface area contributed by atoms with Crippen LogP contribution in [0, 0.1) is 0 Å². The summed E-state index contributed by atoms with van der Waals surface area (Å²) >= 11 is 0. The predicted octanol–water partition coefficient (Wildman–Crippen LogP) is 0.0175. The van der Waals surface area contributed by atoms with Gasteiger partial charge in [-0.1, -0.05) is 0 Å². The third-order valence-corrected chi connectivity index (χ3v) is 1.70. The fraction of sp³-hybridized carbons (Fsp3) is 1.00. The lowest BCUT2D eigenvalue weighted by molar-refractivity contribution is 0.161. The molecule has 1 N–H and O–H groups in total. The smallest absolute Gasteiger partial charge is 0.148 e. The second-order valence-corrected chi connectivity index (χ2v) is 3.74. The molecule has 0 saturated heterocycles. The summed E-state index contributed by atoms with van der Waals surface area (Å²) in [5, 5.41) is 3.28. The molecule has 1 unspecified atom stereocenters. The first kappa shape index (κ1) is 9.14. The summed E-state index contributed by atoms with van der Waals surface area (Å²) in [6.07, 6.45) is 0.205. The van der Waals surface area contributed by atoms with E-state index in [-0.39, 0.29) is 11.8 Å². The zero-order valence-electron chi connectivity index (χ0n) is 6.99. The van der Waals surface area contributed by atoms with Crippen LogP contribution in [0.15, 0.2) is 0 Å². The van der Waals surface area contributed by atoms with Crippen LogP contribution in [0.3, 0.4) is 0 Å². The number of hydrogen-bond donors (Lipinski definition) is 1. The molecule has 0 rings (SSSR count). The second-order valence-electron chi connectivity index (χ2n) is 3.27. The van der Waals surface area contributed by atoms with Crippen LogP contribution in [-0.2, 0) is 4.43 Å². The largest absolute Gasteiger partial charge is 0.413 e. The zero-order valence-corrected chi connectivity index (χ0v) is 8.99. The molecule has 0 fully saturated rings. The summed E-state index contributed by atoms with van der Waals surface area (Å²) in [6.45, 7) is 8.41. The lowest BCUT2D eigenvalue weighted by atomic mass is 10.1. The molecular formula is C6H17NOSi. The topological polar surface area (TPSA) is 21.3 Å². The molecule has 0 aliphatic carbocycles. The molecule has 0 spiro atoms. The maximum atomic E-state index is 5.15. The Morgan fingerprint density at radius 3 is 2.00 bits per heavy atom. The van der Waals surface area contributed by atoms with Crippen LogP contribution in [0.4, 0.5) is 0 Å². The molecule has 56 valence electrons. The molecule has 1 atom stereocenters. The van der Waals surface area contributed by atoms with Gasteiger partial charge in [-0.25, -0.2) is 0 Å². The molecule has 0 heterocycles. The summed E-state index contributed by atoms with van der Waals surface area (Å²) in [6, 6.07) is 0. The number of nitrogens with one attached hydrogen (secondary N) is 1. The van der Waals surface area contributed by atoms with Crippen LogP contribution < -0.4 is 5.32 Å². The Morgan fingerprint density at radius 1 is 1.44 bits per heavy atom. The van der Waals surface area contributed by atoms with Gasteiger partial charge in [0.25, 0.3) is 0 Å².